The second kappa shape index (κ2) is 7.15. The summed E-state index contributed by atoms with van der Waals surface area (Å²) in [5.74, 6) is 0.0500. The third kappa shape index (κ3) is 3.40. The van der Waals surface area contributed by atoms with Gasteiger partial charge in [0.05, 0.1) is 6.20 Å². The summed E-state index contributed by atoms with van der Waals surface area (Å²) in [6, 6.07) is 3.99. The average Bonchev–Trinajstić information content (AvgIpc) is 3.04. The first kappa shape index (κ1) is 17.9. The van der Waals surface area contributed by atoms with Crippen LogP contribution in [0.3, 0.4) is 0 Å². The van der Waals surface area contributed by atoms with Crippen molar-refractivity contribution >= 4 is 17.5 Å². The minimum Gasteiger partial charge on any atom is -0.354 e. The van der Waals surface area contributed by atoms with Gasteiger partial charge in [0.25, 0.3) is 11.8 Å². The first-order valence-corrected chi connectivity index (χ1v) is 8.80. The molecular formula is C20H24N4O2. The molecule has 0 aromatic carbocycles. The average molecular weight is 352 g/mol. The molecule has 1 aliphatic rings. The van der Waals surface area contributed by atoms with Crippen molar-refractivity contribution in [1.82, 2.24) is 20.0 Å². The summed E-state index contributed by atoms with van der Waals surface area (Å²) in [4.78, 5) is 28.7. The van der Waals surface area contributed by atoms with Gasteiger partial charge < -0.3 is 10.6 Å². The standard InChI is InChI=1S/C20H24N4O2/c1-12(2)23-19(25)14-6-5-13(3)16(9-14)15-7-8-18-22-10-17(20(26)21-4)24(18)11-15/h5-13,16H,1-4H3,(H,21,26)(H,23,25). The highest BCUT2D eigenvalue weighted by Gasteiger charge is 2.23. The molecule has 0 fully saturated rings. The van der Waals surface area contributed by atoms with Crippen molar-refractivity contribution < 1.29 is 9.59 Å². The van der Waals surface area contributed by atoms with Crippen LogP contribution in [0.5, 0.6) is 0 Å². The lowest BCUT2D eigenvalue weighted by molar-refractivity contribution is -0.117. The van der Waals surface area contributed by atoms with Crippen LogP contribution < -0.4 is 10.6 Å². The van der Waals surface area contributed by atoms with Gasteiger partial charge in [-0.05, 0) is 31.4 Å². The molecule has 2 N–H and O–H groups in total. The van der Waals surface area contributed by atoms with Gasteiger partial charge in [0, 0.05) is 30.8 Å². The summed E-state index contributed by atoms with van der Waals surface area (Å²) in [6.45, 7) is 6.00. The van der Waals surface area contributed by atoms with Crippen LogP contribution in [0.25, 0.3) is 5.65 Å². The summed E-state index contributed by atoms with van der Waals surface area (Å²) < 4.78 is 1.79. The third-order valence-electron chi connectivity index (χ3n) is 4.56. The zero-order valence-electron chi connectivity index (χ0n) is 15.5. The molecule has 2 aromatic rings. The lowest BCUT2D eigenvalue weighted by Gasteiger charge is -2.24. The predicted octanol–water partition coefficient (Wildman–Crippen LogP) is 2.43. The number of amides is 2. The molecule has 0 saturated carbocycles. The van der Waals surface area contributed by atoms with Crippen molar-refractivity contribution in [2.45, 2.75) is 32.7 Å². The van der Waals surface area contributed by atoms with E-state index in [0.717, 1.165) is 5.56 Å². The Morgan fingerprint density at radius 1 is 1.23 bits per heavy atom. The number of pyridine rings is 1. The molecule has 2 amide bonds. The number of carbonyl (C=O) groups excluding carboxylic acids is 2. The summed E-state index contributed by atoms with van der Waals surface area (Å²) in [5.41, 5.74) is 2.91. The van der Waals surface area contributed by atoms with E-state index < -0.39 is 0 Å². The molecule has 136 valence electrons. The number of allylic oxidation sites excluding steroid dienone is 2. The molecular weight excluding hydrogens is 328 g/mol. The second-order valence-corrected chi connectivity index (χ2v) is 6.91. The molecule has 0 spiro atoms. The van der Waals surface area contributed by atoms with E-state index in [2.05, 4.69) is 28.6 Å². The second-order valence-electron chi connectivity index (χ2n) is 6.91. The van der Waals surface area contributed by atoms with Crippen molar-refractivity contribution in [3.8, 4) is 0 Å². The van der Waals surface area contributed by atoms with E-state index in [-0.39, 0.29) is 29.7 Å². The number of hydrogen-bond donors (Lipinski definition) is 2. The van der Waals surface area contributed by atoms with Crippen LogP contribution in [0.1, 0.15) is 42.7 Å². The highest BCUT2D eigenvalue weighted by Crippen LogP contribution is 2.32. The number of aromatic nitrogens is 2. The lowest BCUT2D eigenvalue weighted by atomic mass is 9.82. The topological polar surface area (TPSA) is 75.5 Å². The Balaban J connectivity index is 1.98. The summed E-state index contributed by atoms with van der Waals surface area (Å²) in [7, 11) is 1.60. The fraction of sp³-hybridized carbons (Fsp3) is 0.350. The number of rotatable bonds is 4. The largest absolute Gasteiger partial charge is 0.354 e. The summed E-state index contributed by atoms with van der Waals surface area (Å²) >= 11 is 0. The molecule has 2 heterocycles. The van der Waals surface area contributed by atoms with Crippen LogP contribution >= 0.6 is 0 Å². The number of hydrogen-bond acceptors (Lipinski definition) is 3. The van der Waals surface area contributed by atoms with Crippen LogP contribution in [0.2, 0.25) is 0 Å². The zero-order chi connectivity index (χ0) is 18.8. The highest BCUT2D eigenvalue weighted by atomic mass is 16.2. The van der Waals surface area contributed by atoms with Gasteiger partial charge in [-0.15, -0.1) is 0 Å². The van der Waals surface area contributed by atoms with Crippen molar-refractivity contribution in [3.63, 3.8) is 0 Å². The SMILES string of the molecule is CNC(=O)c1cnc2ccc(C3C=C(C(=O)NC(C)C)C=CC3C)cn12. The first-order valence-electron chi connectivity index (χ1n) is 8.80. The van der Waals surface area contributed by atoms with E-state index in [1.54, 1.807) is 17.6 Å². The number of fused-ring (bicyclic) bond motifs is 1. The fourth-order valence-electron chi connectivity index (χ4n) is 3.16. The fourth-order valence-corrected chi connectivity index (χ4v) is 3.16. The van der Waals surface area contributed by atoms with Crippen LogP contribution in [-0.4, -0.2) is 34.3 Å². The third-order valence-corrected chi connectivity index (χ3v) is 4.56. The Kier molecular flexibility index (Phi) is 4.93. The normalized spacial score (nSPS) is 19.5. The molecule has 2 aromatic heterocycles. The van der Waals surface area contributed by atoms with Gasteiger partial charge in [-0.25, -0.2) is 4.98 Å². The van der Waals surface area contributed by atoms with Gasteiger partial charge >= 0.3 is 0 Å². The Bertz CT molecular complexity index is 908. The maximum absolute atomic E-state index is 12.3. The zero-order valence-corrected chi connectivity index (χ0v) is 15.5. The van der Waals surface area contributed by atoms with Crippen molar-refractivity contribution in [3.05, 3.63) is 59.6 Å². The van der Waals surface area contributed by atoms with Crippen LogP contribution in [-0.2, 0) is 4.79 Å². The molecule has 0 bridgehead atoms. The Morgan fingerprint density at radius 2 is 2.00 bits per heavy atom. The Hall–Kier alpha value is -2.89. The summed E-state index contributed by atoms with van der Waals surface area (Å²) in [6.07, 6.45) is 9.43. The van der Waals surface area contributed by atoms with E-state index >= 15 is 0 Å². The highest BCUT2D eigenvalue weighted by molar-refractivity contribution is 5.96. The van der Waals surface area contributed by atoms with Gasteiger partial charge in [-0.2, -0.15) is 0 Å². The van der Waals surface area contributed by atoms with Crippen LogP contribution in [0.15, 0.2) is 48.3 Å². The molecule has 6 nitrogen and oxygen atoms in total. The van der Waals surface area contributed by atoms with E-state index in [0.29, 0.717) is 16.9 Å². The number of nitrogens with one attached hydrogen (secondary N) is 2. The molecule has 0 saturated heterocycles. The maximum Gasteiger partial charge on any atom is 0.269 e. The maximum atomic E-state index is 12.3. The van der Waals surface area contributed by atoms with Gasteiger partial charge in [0.15, 0.2) is 0 Å². The molecule has 26 heavy (non-hydrogen) atoms. The molecule has 0 radical (unpaired) electrons. The van der Waals surface area contributed by atoms with Crippen molar-refractivity contribution in [1.29, 1.82) is 0 Å². The number of imidazole rings is 1. The molecule has 6 heteroatoms. The van der Waals surface area contributed by atoms with E-state index in [9.17, 15) is 9.59 Å². The minimum absolute atomic E-state index is 0.0530. The molecule has 2 unspecified atom stereocenters. The predicted molar refractivity (Wildman–Crippen MR) is 101 cm³/mol. The van der Waals surface area contributed by atoms with Crippen molar-refractivity contribution in [2.75, 3.05) is 7.05 Å². The van der Waals surface area contributed by atoms with Gasteiger partial charge in [0.1, 0.15) is 11.3 Å². The monoisotopic (exact) mass is 352 g/mol. The van der Waals surface area contributed by atoms with Gasteiger partial charge in [0.2, 0.25) is 0 Å². The van der Waals surface area contributed by atoms with Crippen LogP contribution in [0.4, 0.5) is 0 Å². The van der Waals surface area contributed by atoms with E-state index in [1.165, 1.54) is 0 Å². The summed E-state index contributed by atoms with van der Waals surface area (Å²) in [5, 5.41) is 5.56. The first-order chi connectivity index (χ1) is 12.4. The molecule has 3 rings (SSSR count). The number of carbonyl (C=O) groups is 2. The van der Waals surface area contributed by atoms with Gasteiger partial charge in [-0.1, -0.05) is 31.2 Å². The van der Waals surface area contributed by atoms with Crippen LogP contribution in [0, 0.1) is 5.92 Å². The van der Waals surface area contributed by atoms with Crippen molar-refractivity contribution in [2.24, 2.45) is 5.92 Å². The number of nitrogens with zero attached hydrogens (tertiary/aromatic N) is 2. The molecule has 1 aliphatic carbocycles. The molecule has 0 aliphatic heterocycles. The quantitative estimate of drug-likeness (QED) is 0.887. The van der Waals surface area contributed by atoms with E-state index in [1.807, 2.05) is 44.3 Å². The van der Waals surface area contributed by atoms with E-state index in [4.69, 9.17) is 0 Å². The lowest BCUT2D eigenvalue weighted by Crippen LogP contribution is -2.31. The Morgan fingerprint density at radius 3 is 2.69 bits per heavy atom. The minimum atomic E-state index is -0.182. The van der Waals surface area contributed by atoms with Gasteiger partial charge in [-0.3, -0.25) is 14.0 Å². The smallest absolute Gasteiger partial charge is 0.269 e. The molecule has 2 atom stereocenters. The Labute approximate surface area is 153 Å².